The van der Waals surface area contributed by atoms with Gasteiger partial charge >= 0.3 is 6.18 Å². The van der Waals surface area contributed by atoms with Gasteiger partial charge in [0.15, 0.2) is 12.4 Å². The zero-order valence-corrected chi connectivity index (χ0v) is 22.6. The van der Waals surface area contributed by atoms with E-state index in [0.717, 1.165) is 17.5 Å². The molecule has 1 aromatic carbocycles. The Hall–Kier alpha value is -3.82. The van der Waals surface area contributed by atoms with Crippen molar-refractivity contribution in [3.63, 3.8) is 0 Å². The molecule has 0 spiro atoms. The summed E-state index contributed by atoms with van der Waals surface area (Å²) < 4.78 is 47.5. The summed E-state index contributed by atoms with van der Waals surface area (Å²) in [7, 11) is 0. The number of aryl methyl sites for hydroxylation is 1. The fraction of sp³-hybridized carbons (Fsp3) is 0.360. The van der Waals surface area contributed by atoms with E-state index in [0.29, 0.717) is 17.3 Å². The van der Waals surface area contributed by atoms with Crippen LogP contribution in [0.2, 0.25) is 0 Å². The standard InChI is InChI=1S/C25H30F3N7O4S/c1-17-6-7-21(32-15-17)35(30-2)22(23(36)31-10-13-40-29)20-8-11-34(24(20)37)33-9-12-38-18-4-3-5-19(14-18)39-16-25(26,27)28/h3-7,14-15,33H,2,8-13,16,29H2,1H3,(H,31,36)/b22-20+. The van der Waals surface area contributed by atoms with Gasteiger partial charge in [-0.3, -0.25) is 19.7 Å². The van der Waals surface area contributed by atoms with E-state index in [2.05, 4.69) is 27.5 Å². The van der Waals surface area contributed by atoms with Gasteiger partial charge in [0, 0.05) is 44.4 Å². The number of carbonyl (C=O) groups excluding carboxylic acids is 2. The topological polar surface area (TPSA) is 134 Å². The molecule has 1 aliphatic rings. The highest BCUT2D eigenvalue weighted by Crippen LogP contribution is 2.27. The smallest absolute Gasteiger partial charge is 0.422 e. The number of nitrogens with two attached hydrogens (primary N) is 1. The molecule has 0 bridgehead atoms. The lowest BCUT2D eigenvalue weighted by molar-refractivity contribution is -0.153. The predicted molar refractivity (Wildman–Crippen MR) is 146 cm³/mol. The van der Waals surface area contributed by atoms with Gasteiger partial charge in [-0.15, -0.1) is 0 Å². The predicted octanol–water partition coefficient (Wildman–Crippen LogP) is 2.55. The number of carbonyl (C=O) groups is 2. The summed E-state index contributed by atoms with van der Waals surface area (Å²) in [5.74, 6) is 0.166. The van der Waals surface area contributed by atoms with E-state index in [-0.39, 0.29) is 49.7 Å². The Morgan fingerprint density at radius 3 is 2.65 bits per heavy atom. The maximum Gasteiger partial charge on any atom is 0.422 e. The molecule has 15 heteroatoms. The number of benzene rings is 1. The molecule has 0 unspecified atom stereocenters. The monoisotopic (exact) mass is 581 g/mol. The third-order valence-corrected chi connectivity index (χ3v) is 5.88. The molecule has 216 valence electrons. The van der Waals surface area contributed by atoms with Crippen molar-refractivity contribution in [2.45, 2.75) is 19.5 Å². The number of ether oxygens (including phenoxy) is 2. The van der Waals surface area contributed by atoms with Gasteiger partial charge in [-0.2, -0.15) is 18.3 Å². The average molecular weight is 582 g/mol. The molecule has 3 rings (SSSR count). The van der Waals surface area contributed by atoms with Crippen LogP contribution in [-0.2, 0) is 9.59 Å². The van der Waals surface area contributed by atoms with E-state index in [1.165, 1.54) is 28.2 Å². The number of nitrogens with one attached hydrogen (secondary N) is 2. The van der Waals surface area contributed by atoms with Crippen molar-refractivity contribution < 1.29 is 32.2 Å². The molecular weight excluding hydrogens is 551 g/mol. The molecule has 40 heavy (non-hydrogen) atoms. The Labute approximate surface area is 233 Å². The molecule has 1 aliphatic heterocycles. The molecule has 2 heterocycles. The van der Waals surface area contributed by atoms with Crippen LogP contribution in [-0.4, -0.2) is 73.3 Å². The lowest BCUT2D eigenvalue weighted by Gasteiger charge is -2.22. The molecule has 0 radical (unpaired) electrons. The van der Waals surface area contributed by atoms with E-state index < -0.39 is 24.6 Å². The van der Waals surface area contributed by atoms with E-state index in [9.17, 15) is 22.8 Å². The van der Waals surface area contributed by atoms with E-state index >= 15 is 0 Å². The number of rotatable bonds is 14. The Morgan fingerprint density at radius 2 is 2.00 bits per heavy atom. The zero-order valence-electron chi connectivity index (χ0n) is 21.7. The first kappa shape index (κ1) is 30.7. The first-order chi connectivity index (χ1) is 19.1. The summed E-state index contributed by atoms with van der Waals surface area (Å²) in [5, 5.41) is 14.8. The molecule has 0 atom stereocenters. The Balaban J connectivity index is 1.67. The first-order valence-corrected chi connectivity index (χ1v) is 13.2. The molecule has 0 saturated carbocycles. The fourth-order valence-corrected chi connectivity index (χ4v) is 3.87. The second kappa shape index (κ2) is 14.5. The number of hydrazone groups is 1. The van der Waals surface area contributed by atoms with Crippen molar-refractivity contribution in [2.24, 2.45) is 10.2 Å². The minimum atomic E-state index is -4.45. The number of alkyl halides is 3. The summed E-state index contributed by atoms with van der Waals surface area (Å²) in [5.41, 5.74) is 4.09. The number of pyridine rings is 1. The molecule has 2 aromatic rings. The Kier molecular flexibility index (Phi) is 11.2. The highest BCUT2D eigenvalue weighted by molar-refractivity contribution is 7.97. The number of halogens is 3. The summed E-state index contributed by atoms with van der Waals surface area (Å²) in [6, 6.07) is 9.29. The molecule has 1 fully saturated rings. The lowest BCUT2D eigenvalue weighted by Crippen LogP contribution is -2.42. The number of nitrogens with zero attached hydrogens (tertiary/aromatic N) is 4. The van der Waals surface area contributed by atoms with Crippen LogP contribution in [0.5, 0.6) is 11.5 Å². The van der Waals surface area contributed by atoms with Gasteiger partial charge in [0.1, 0.15) is 23.8 Å². The summed E-state index contributed by atoms with van der Waals surface area (Å²) >= 11 is 1.07. The third kappa shape index (κ3) is 8.86. The van der Waals surface area contributed by atoms with E-state index in [1.54, 1.807) is 24.4 Å². The summed E-state index contributed by atoms with van der Waals surface area (Å²) in [6.07, 6.45) is -2.59. The summed E-state index contributed by atoms with van der Waals surface area (Å²) in [6.45, 7) is 4.88. The van der Waals surface area contributed by atoms with Crippen molar-refractivity contribution >= 4 is 36.3 Å². The van der Waals surface area contributed by atoms with Gasteiger partial charge in [-0.1, -0.05) is 24.1 Å². The molecule has 1 aromatic heterocycles. The number of anilines is 1. The molecule has 0 aliphatic carbocycles. The number of hydrogen-bond acceptors (Lipinski definition) is 10. The van der Waals surface area contributed by atoms with Crippen molar-refractivity contribution in [1.29, 1.82) is 0 Å². The van der Waals surface area contributed by atoms with Crippen LogP contribution in [0, 0.1) is 6.92 Å². The maximum absolute atomic E-state index is 13.3. The van der Waals surface area contributed by atoms with Crippen LogP contribution in [0.1, 0.15) is 12.0 Å². The number of amides is 2. The third-order valence-electron chi connectivity index (χ3n) is 5.44. The summed E-state index contributed by atoms with van der Waals surface area (Å²) in [4.78, 5) is 30.8. The van der Waals surface area contributed by atoms with Gasteiger partial charge in [0.05, 0.1) is 5.57 Å². The van der Waals surface area contributed by atoms with Crippen molar-refractivity contribution in [3.05, 3.63) is 59.4 Å². The van der Waals surface area contributed by atoms with Gasteiger partial charge < -0.3 is 14.8 Å². The first-order valence-electron chi connectivity index (χ1n) is 12.1. The average Bonchev–Trinajstić information content (AvgIpc) is 3.28. The normalized spacial score (nSPS) is 14.6. The molecule has 2 amide bonds. The SMILES string of the molecule is C=NN(/C(C(=O)NCCSN)=C1\CCN(NCCOc2cccc(OCC(F)(F)F)c2)C1=O)c1ccc(C)cn1. The highest BCUT2D eigenvalue weighted by Gasteiger charge is 2.34. The number of aromatic nitrogens is 1. The fourth-order valence-electron chi connectivity index (χ4n) is 3.65. The van der Waals surface area contributed by atoms with Gasteiger partial charge in [-0.25, -0.2) is 15.4 Å². The van der Waals surface area contributed by atoms with Crippen LogP contribution < -0.4 is 30.4 Å². The largest absolute Gasteiger partial charge is 0.492 e. The van der Waals surface area contributed by atoms with Crippen molar-refractivity contribution in [1.82, 2.24) is 20.7 Å². The van der Waals surface area contributed by atoms with Crippen molar-refractivity contribution in [2.75, 3.05) is 43.6 Å². The number of hydrazine groups is 1. The second-order valence-corrected chi connectivity index (χ2v) is 9.18. The van der Waals surface area contributed by atoms with Crippen LogP contribution in [0.3, 0.4) is 0 Å². The van der Waals surface area contributed by atoms with Gasteiger partial charge in [0.25, 0.3) is 11.8 Å². The minimum Gasteiger partial charge on any atom is -0.492 e. The highest BCUT2D eigenvalue weighted by atomic mass is 32.2. The van der Waals surface area contributed by atoms with Crippen LogP contribution >= 0.6 is 11.9 Å². The Bertz CT molecular complexity index is 1210. The van der Waals surface area contributed by atoms with E-state index in [1.807, 2.05) is 6.92 Å². The minimum absolute atomic E-state index is 0.00889. The van der Waals surface area contributed by atoms with Crippen molar-refractivity contribution in [3.8, 4) is 11.5 Å². The molecule has 4 N–H and O–H groups in total. The van der Waals surface area contributed by atoms with Crippen LogP contribution in [0.25, 0.3) is 0 Å². The molecule has 1 saturated heterocycles. The van der Waals surface area contributed by atoms with Gasteiger partial charge in [0.2, 0.25) is 0 Å². The molecule has 11 nitrogen and oxygen atoms in total. The zero-order chi connectivity index (χ0) is 29.1. The molecular formula is C25H30F3N7O4S. The number of hydrogen-bond donors (Lipinski definition) is 3. The second-order valence-electron chi connectivity index (χ2n) is 8.44. The maximum atomic E-state index is 13.3. The Morgan fingerprint density at radius 1 is 1.25 bits per heavy atom. The van der Waals surface area contributed by atoms with Gasteiger partial charge in [-0.05, 0) is 37.1 Å². The quantitative estimate of drug-likeness (QED) is 0.101. The van der Waals surface area contributed by atoms with E-state index in [4.69, 9.17) is 14.6 Å². The van der Waals surface area contributed by atoms with Crippen LogP contribution in [0.4, 0.5) is 19.0 Å². The lowest BCUT2D eigenvalue weighted by atomic mass is 10.1. The van der Waals surface area contributed by atoms with Crippen LogP contribution in [0.15, 0.2) is 59.0 Å².